The van der Waals surface area contributed by atoms with Gasteiger partial charge in [0.05, 0.1) is 10.4 Å². The molecule has 1 saturated carbocycles. The third-order valence-corrected chi connectivity index (χ3v) is 4.06. The highest BCUT2D eigenvalue weighted by Crippen LogP contribution is 2.28. The van der Waals surface area contributed by atoms with Crippen molar-refractivity contribution in [1.29, 1.82) is 0 Å². The molecule has 1 heterocycles. The van der Waals surface area contributed by atoms with Gasteiger partial charge in [-0.15, -0.1) is 11.3 Å². The molecular weight excluding hydrogens is 246 g/mol. The smallest absolute Gasteiger partial charge is 0.252 e. The molecule has 0 aromatic carbocycles. The summed E-state index contributed by atoms with van der Waals surface area (Å²) in [6.45, 7) is 0.609. The van der Waals surface area contributed by atoms with Gasteiger partial charge in [0.1, 0.15) is 6.61 Å². The van der Waals surface area contributed by atoms with Crippen LogP contribution in [0, 0.1) is 17.8 Å². The van der Waals surface area contributed by atoms with Gasteiger partial charge in [-0.1, -0.05) is 31.1 Å². The van der Waals surface area contributed by atoms with Crippen molar-refractivity contribution in [3.8, 4) is 11.8 Å². The minimum atomic E-state index is -0.152. The molecule has 0 bridgehead atoms. The van der Waals surface area contributed by atoms with E-state index in [1.165, 1.54) is 30.6 Å². The molecule has 0 radical (unpaired) electrons. The lowest BCUT2D eigenvalue weighted by Gasteiger charge is -2.25. The van der Waals surface area contributed by atoms with E-state index in [4.69, 9.17) is 5.11 Å². The second kappa shape index (κ2) is 6.58. The van der Waals surface area contributed by atoms with Gasteiger partial charge in [0.2, 0.25) is 0 Å². The molecule has 18 heavy (non-hydrogen) atoms. The van der Waals surface area contributed by atoms with Crippen molar-refractivity contribution >= 4 is 17.2 Å². The van der Waals surface area contributed by atoms with Crippen LogP contribution in [0.1, 0.15) is 40.9 Å². The minimum Gasteiger partial charge on any atom is -0.384 e. The van der Waals surface area contributed by atoms with Crippen molar-refractivity contribution in [3.63, 3.8) is 0 Å². The van der Waals surface area contributed by atoms with Crippen LogP contribution in [-0.4, -0.2) is 24.2 Å². The van der Waals surface area contributed by atoms with Crippen molar-refractivity contribution < 1.29 is 9.90 Å². The van der Waals surface area contributed by atoms with Crippen molar-refractivity contribution in [1.82, 2.24) is 5.32 Å². The molecule has 4 heteroatoms. The van der Waals surface area contributed by atoms with E-state index in [0.29, 0.717) is 5.56 Å². The Morgan fingerprint density at radius 2 is 2.39 bits per heavy atom. The Bertz CT molecular complexity index is 466. The number of aliphatic hydroxyl groups is 1. The van der Waals surface area contributed by atoms with Gasteiger partial charge >= 0.3 is 0 Å². The summed E-state index contributed by atoms with van der Waals surface area (Å²) in [5.41, 5.74) is 0.663. The fraction of sp³-hybridized carbons (Fsp3) is 0.500. The summed E-state index contributed by atoms with van der Waals surface area (Å²) in [7, 11) is 0. The number of amides is 1. The van der Waals surface area contributed by atoms with E-state index in [1.807, 2.05) is 0 Å². The Hall–Kier alpha value is -1.31. The van der Waals surface area contributed by atoms with Crippen LogP contribution in [0.15, 0.2) is 11.4 Å². The third kappa shape index (κ3) is 3.59. The lowest BCUT2D eigenvalue weighted by molar-refractivity contribution is 0.0949. The predicted octanol–water partition coefficient (Wildman–Crippen LogP) is 2.01. The SMILES string of the molecule is O=C(NCCC1CCC1)c1csc(C#CCO)c1. The van der Waals surface area contributed by atoms with Gasteiger partial charge in [-0.25, -0.2) is 0 Å². The lowest BCUT2D eigenvalue weighted by atomic mass is 9.83. The molecule has 1 aliphatic carbocycles. The monoisotopic (exact) mass is 263 g/mol. The van der Waals surface area contributed by atoms with Crippen LogP contribution in [0.5, 0.6) is 0 Å². The van der Waals surface area contributed by atoms with E-state index >= 15 is 0 Å². The van der Waals surface area contributed by atoms with Crippen molar-refractivity contribution in [3.05, 3.63) is 21.9 Å². The van der Waals surface area contributed by atoms with Gasteiger partial charge in [0.15, 0.2) is 0 Å². The zero-order valence-corrected chi connectivity index (χ0v) is 11.1. The lowest BCUT2D eigenvalue weighted by Crippen LogP contribution is -2.27. The number of carbonyl (C=O) groups is 1. The number of thiophene rings is 1. The Morgan fingerprint density at radius 1 is 1.56 bits per heavy atom. The van der Waals surface area contributed by atoms with Crippen LogP contribution in [0.4, 0.5) is 0 Å². The molecule has 0 spiro atoms. The molecule has 2 rings (SSSR count). The summed E-state index contributed by atoms with van der Waals surface area (Å²) in [5.74, 6) is 6.17. The quantitative estimate of drug-likeness (QED) is 0.816. The number of hydrogen-bond acceptors (Lipinski definition) is 3. The van der Waals surface area contributed by atoms with Gasteiger partial charge in [-0.3, -0.25) is 4.79 Å². The normalized spacial score (nSPS) is 14.5. The maximum absolute atomic E-state index is 11.8. The Kier molecular flexibility index (Phi) is 4.80. The standard InChI is InChI=1S/C14H17NO2S/c16-8-2-5-13-9-12(10-18-13)14(17)15-7-6-11-3-1-4-11/h9-11,16H,1,3-4,6-8H2,(H,15,17). The first-order chi connectivity index (χ1) is 8.79. The fourth-order valence-corrected chi connectivity index (χ4v) is 2.68. The van der Waals surface area contributed by atoms with Crippen molar-refractivity contribution in [2.75, 3.05) is 13.2 Å². The summed E-state index contributed by atoms with van der Waals surface area (Å²) < 4.78 is 0. The van der Waals surface area contributed by atoms with Gasteiger partial charge in [-0.2, -0.15) is 0 Å². The van der Waals surface area contributed by atoms with Crippen LogP contribution in [0.3, 0.4) is 0 Å². The molecule has 1 fully saturated rings. The molecule has 96 valence electrons. The number of nitrogens with one attached hydrogen (secondary N) is 1. The topological polar surface area (TPSA) is 49.3 Å². The number of rotatable bonds is 4. The van der Waals surface area contributed by atoms with Crippen LogP contribution in [0.25, 0.3) is 0 Å². The minimum absolute atomic E-state index is 0.0254. The maximum Gasteiger partial charge on any atom is 0.252 e. The molecular formula is C14H17NO2S. The molecule has 3 nitrogen and oxygen atoms in total. The fourth-order valence-electron chi connectivity index (χ4n) is 1.92. The molecule has 1 amide bonds. The molecule has 1 aliphatic rings. The van der Waals surface area contributed by atoms with Crippen molar-refractivity contribution in [2.24, 2.45) is 5.92 Å². The summed E-state index contributed by atoms with van der Waals surface area (Å²) in [4.78, 5) is 12.6. The third-order valence-electron chi connectivity index (χ3n) is 3.22. The van der Waals surface area contributed by atoms with E-state index in [9.17, 15) is 4.79 Å². The first-order valence-corrected chi connectivity index (χ1v) is 7.14. The van der Waals surface area contributed by atoms with Crippen LogP contribution < -0.4 is 5.32 Å². The summed E-state index contributed by atoms with van der Waals surface area (Å²) >= 11 is 1.43. The van der Waals surface area contributed by atoms with Gasteiger partial charge < -0.3 is 10.4 Å². The second-order valence-corrected chi connectivity index (χ2v) is 5.41. The van der Waals surface area contributed by atoms with Crippen LogP contribution in [-0.2, 0) is 0 Å². The van der Waals surface area contributed by atoms with E-state index < -0.39 is 0 Å². The molecule has 0 unspecified atom stereocenters. The predicted molar refractivity (Wildman–Crippen MR) is 72.6 cm³/mol. The average Bonchev–Trinajstić information content (AvgIpc) is 2.78. The summed E-state index contributed by atoms with van der Waals surface area (Å²) in [6.07, 6.45) is 5.06. The molecule has 0 atom stereocenters. The largest absolute Gasteiger partial charge is 0.384 e. The van der Waals surface area contributed by atoms with E-state index in [0.717, 1.165) is 23.8 Å². The Morgan fingerprint density at radius 3 is 3.06 bits per heavy atom. The molecule has 0 saturated heterocycles. The van der Waals surface area contributed by atoms with E-state index in [1.54, 1.807) is 11.4 Å². The number of carbonyl (C=O) groups excluding carboxylic acids is 1. The highest BCUT2D eigenvalue weighted by atomic mass is 32.1. The average molecular weight is 263 g/mol. The molecule has 2 N–H and O–H groups in total. The summed E-state index contributed by atoms with van der Waals surface area (Å²) in [6, 6.07) is 1.77. The highest BCUT2D eigenvalue weighted by Gasteiger charge is 2.17. The van der Waals surface area contributed by atoms with Gasteiger partial charge in [-0.05, 0) is 18.4 Å². The van der Waals surface area contributed by atoms with Crippen LogP contribution in [0.2, 0.25) is 0 Å². The van der Waals surface area contributed by atoms with Gasteiger partial charge in [0.25, 0.3) is 5.91 Å². The zero-order valence-electron chi connectivity index (χ0n) is 10.2. The Balaban J connectivity index is 1.78. The molecule has 1 aromatic heterocycles. The zero-order chi connectivity index (χ0) is 12.8. The van der Waals surface area contributed by atoms with Crippen LogP contribution >= 0.6 is 11.3 Å². The Labute approximate surface area is 111 Å². The van der Waals surface area contributed by atoms with E-state index in [-0.39, 0.29) is 12.5 Å². The van der Waals surface area contributed by atoms with Crippen molar-refractivity contribution in [2.45, 2.75) is 25.7 Å². The highest BCUT2D eigenvalue weighted by molar-refractivity contribution is 7.10. The molecule has 0 aliphatic heterocycles. The number of hydrogen-bond donors (Lipinski definition) is 2. The molecule has 1 aromatic rings. The maximum atomic E-state index is 11.8. The first kappa shape index (κ1) is 13.1. The number of aliphatic hydroxyl groups excluding tert-OH is 1. The van der Waals surface area contributed by atoms with E-state index in [2.05, 4.69) is 17.2 Å². The first-order valence-electron chi connectivity index (χ1n) is 6.26. The second-order valence-electron chi connectivity index (χ2n) is 4.50. The van der Waals surface area contributed by atoms with Gasteiger partial charge in [0, 0.05) is 11.9 Å². The summed E-state index contributed by atoms with van der Waals surface area (Å²) in [5, 5.41) is 13.3.